The SMILES string of the molecule is Cc1cc(C)c(C(=O)NC(CCBr)C(C)(C)C)c(C)c1. The van der Waals surface area contributed by atoms with Crippen molar-refractivity contribution in [3.8, 4) is 0 Å². The van der Waals surface area contributed by atoms with Gasteiger partial charge in [-0.15, -0.1) is 0 Å². The fourth-order valence-corrected chi connectivity index (χ4v) is 3.06. The van der Waals surface area contributed by atoms with E-state index in [1.807, 2.05) is 13.8 Å². The Bertz CT molecular complexity index is 465. The number of rotatable bonds is 4. The summed E-state index contributed by atoms with van der Waals surface area (Å²) in [5.74, 6) is 0.0425. The van der Waals surface area contributed by atoms with E-state index in [9.17, 15) is 4.79 Å². The molecule has 0 radical (unpaired) electrons. The zero-order valence-electron chi connectivity index (χ0n) is 13.4. The molecule has 0 aliphatic carbocycles. The Kier molecular flexibility index (Phi) is 5.81. The van der Waals surface area contributed by atoms with Gasteiger partial charge in [0.1, 0.15) is 0 Å². The molecule has 3 heteroatoms. The third kappa shape index (κ3) is 4.34. The summed E-state index contributed by atoms with van der Waals surface area (Å²) in [7, 11) is 0. The molecule has 112 valence electrons. The van der Waals surface area contributed by atoms with Crippen LogP contribution in [0, 0.1) is 26.2 Å². The molecule has 0 aromatic heterocycles. The van der Waals surface area contributed by atoms with E-state index < -0.39 is 0 Å². The van der Waals surface area contributed by atoms with Crippen molar-refractivity contribution >= 4 is 21.8 Å². The van der Waals surface area contributed by atoms with E-state index in [2.05, 4.69) is 61.1 Å². The summed E-state index contributed by atoms with van der Waals surface area (Å²) in [4.78, 5) is 12.6. The summed E-state index contributed by atoms with van der Waals surface area (Å²) < 4.78 is 0. The van der Waals surface area contributed by atoms with Crippen molar-refractivity contribution in [1.82, 2.24) is 5.32 Å². The van der Waals surface area contributed by atoms with Crippen LogP contribution < -0.4 is 5.32 Å². The van der Waals surface area contributed by atoms with Crippen LogP contribution in [0.3, 0.4) is 0 Å². The van der Waals surface area contributed by atoms with Gasteiger partial charge in [0.05, 0.1) is 0 Å². The van der Waals surface area contributed by atoms with Crippen LogP contribution in [0.1, 0.15) is 54.2 Å². The Morgan fingerprint density at radius 3 is 2.10 bits per heavy atom. The average Bonchev–Trinajstić information content (AvgIpc) is 2.25. The molecular formula is C17H26BrNO. The Morgan fingerprint density at radius 2 is 1.70 bits per heavy atom. The molecule has 0 saturated heterocycles. The molecule has 0 bridgehead atoms. The topological polar surface area (TPSA) is 29.1 Å². The van der Waals surface area contributed by atoms with Gasteiger partial charge in [-0.1, -0.05) is 54.4 Å². The Morgan fingerprint density at radius 1 is 1.20 bits per heavy atom. The van der Waals surface area contributed by atoms with E-state index in [-0.39, 0.29) is 17.4 Å². The molecule has 1 rings (SSSR count). The summed E-state index contributed by atoms with van der Waals surface area (Å²) in [5.41, 5.74) is 4.16. The number of hydrogen-bond donors (Lipinski definition) is 1. The molecule has 1 amide bonds. The van der Waals surface area contributed by atoms with Crippen LogP contribution >= 0.6 is 15.9 Å². The number of carbonyl (C=O) groups excluding carboxylic acids is 1. The molecular weight excluding hydrogens is 314 g/mol. The first-order chi connectivity index (χ1) is 9.16. The zero-order chi connectivity index (χ0) is 15.5. The molecule has 0 fully saturated rings. The Hall–Kier alpha value is -0.830. The number of alkyl halides is 1. The van der Waals surface area contributed by atoms with Gasteiger partial charge in [-0.3, -0.25) is 4.79 Å². The molecule has 2 nitrogen and oxygen atoms in total. The van der Waals surface area contributed by atoms with Crippen LogP contribution in [0.2, 0.25) is 0 Å². The molecule has 1 aromatic rings. The molecule has 0 aliphatic heterocycles. The predicted octanol–water partition coefficient (Wildman–Crippen LogP) is 4.54. The van der Waals surface area contributed by atoms with Crippen LogP contribution in [-0.2, 0) is 0 Å². The first-order valence-corrected chi connectivity index (χ1v) is 8.23. The van der Waals surface area contributed by atoms with Gasteiger partial charge < -0.3 is 5.32 Å². The lowest BCUT2D eigenvalue weighted by molar-refractivity contribution is 0.0899. The minimum absolute atomic E-state index is 0.0425. The second-order valence-corrected chi connectivity index (χ2v) is 7.44. The molecule has 1 unspecified atom stereocenters. The summed E-state index contributed by atoms with van der Waals surface area (Å²) in [5, 5.41) is 4.10. The van der Waals surface area contributed by atoms with Crippen molar-refractivity contribution < 1.29 is 4.79 Å². The summed E-state index contributed by atoms with van der Waals surface area (Å²) in [6, 6.07) is 4.30. The highest BCUT2D eigenvalue weighted by atomic mass is 79.9. The molecule has 0 aliphatic rings. The molecule has 1 aromatic carbocycles. The van der Waals surface area contributed by atoms with Crippen LogP contribution in [0.15, 0.2) is 12.1 Å². The number of aryl methyl sites for hydroxylation is 3. The lowest BCUT2D eigenvalue weighted by atomic mass is 9.85. The van der Waals surface area contributed by atoms with Gasteiger partial charge in [0.15, 0.2) is 0 Å². The van der Waals surface area contributed by atoms with Gasteiger partial charge >= 0.3 is 0 Å². The van der Waals surface area contributed by atoms with E-state index in [1.165, 1.54) is 5.56 Å². The van der Waals surface area contributed by atoms with E-state index in [4.69, 9.17) is 0 Å². The molecule has 1 N–H and O–H groups in total. The highest BCUT2D eigenvalue weighted by molar-refractivity contribution is 9.09. The quantitative estimate of drug-likeness (QED) is 0.801. The van der Waals surface area contributed by atoms with E-state index in [0.29, 0.717) is 0 Å². The van der Waals surface area contributed by atoms with Gasteiger partial charge in [-0.2, -0.15) is 0 Å². The monoisotopic (exact) mass is 339 g/mol. The zero-order valence-corrected chi connectivity index (χ0v) is 15.0. The number of amides is 1. The van der Waals surface area contributed by atoms with Crippen molar-refractivity contribution in [2.45, 2.75) is 54.0 Å². The van der Waals surface area contributed by atoms with Crippen LogP contribution in [-0.4, -0.2) is 17.3 Å². The first-order valence-electron chi connectivity index (χ1n) is 7.11. The predicted molar refractivity (Wildman–Crippen MR) is 89.8 cm³/mol. The lowest BCUT2D eigenvalue weighted by Crippen LogP contribution is -2.44. The van der Waals surface area contributed by atoms with Crippen LogP contribution in [0.5, 0.6) is 0 Å². The first kappa shape index (κ1) is 17.2. The smallest absolute Gasteiger partial charge is 0.252 e. The van der Waals surface area contributed by atoms with Crippen molar-refractivity contribution in [2.24, 2.45) is 5.41 Å². The average molecular weight is 340 g/mol. The largest absolute Gasteiger partial charge is 0.349 e. The minimum atomic E-state index is 0.0425. The van der Waals surface area contributed by atoms with E-state index in [0.717, 1.165) is 28.4 Å². The lowest BCUT2D eigenvalue weighted by Gasteiger charge is -2.31. The second kappa shape index (κ2) is 6.75. The molecule has 20 heavy (non-hydrogen) atoms. The molecule has 0 spiro atoms. The summed E-state index contributed by atoms with van der Waals surface area (Å²) >= 11 is 3.48. The second-order valence-electron chi connectivity index (χ2n) is 6.64. The van der Waals surface area contributed by atoms with Crippen molar-refractivity contribution in [1.29, 1.82) is 0 Å². The maximum absolute atomic E-state index is 12.6. The highest BCUT2D eigenvalue weighted by Gasteiger charge is 2.26. The maximum Gasteiger partial charge on any atom is 0.252 e. The maximum atomic E-state index is 12.6. The standard InChI is InChI=1S/C17H26BrNO/c1-11-9-12(2)15(13(3)10-11)16(20)19-14(7-8-18)17(4,5)6/h9-10,14H,7-8H2,1-6H3,(H,19,20). The minimum Gasteiger partial charge on any atom is -0.349 e. The van der Waals surface area contributed by atoms with Crippen molar-refractivity contribution in [3.63, 3.8) is 0 Å². The van der Waals surface area contributed by atoms with Crippen molar-refractivity contribution in [3.05, 3.63) is 34.4 Å². The van der Waals surface area contributed by atoms with Gasteiger partial charge in [-0.05, 0) is 43.7 Å². The molecule has 0 saturated carbocycles. The van der Waals surface area contributed by atoms with Crippen molar-refractivity contribution in [2.75, 3.05) is 5.33 Å². The normalized spacial score (nSPS) is 13.2. The van der Waals surface area contributed by atoms with Gasteiger partial charge in [-0.25, -0.2) is 0 Å². The Labute approximate surface area is 131 Å². The number of hydrogen-bond acceptors (Lipinski definition) is 1. The number of nitrogens with one attached hydrogen (secondary N) is 1. The number of benzene rings is 1. The number of halogens is 1. The van der Waals surface area contributed by atoms with Gasteiger partial charge in [0.2, 0.25) is 0 Å². The Balaban J connectivity index is 3.01. The van der Waals surface area contributed by atoms with Crippen LogP contribution in [0.25, 0.3) is 0 Å². The van der Waals surface area contributed by atoms with Gasteiger partial charge in [0, 0.05) is 16.9 Å². The summed E-state index contributed by atoms with van der Waals surface area (Å²) in [6.07, 6.45) is 0.930. The molecule has 1 atom stereocenters. The summed E-state index contributed by atoms with van der Waals surface area (Å²) in [6.45, 7) is 12.6. The van der Waals surface area contributed by atoms with E-state index in [1.54, 1.807) is 0 Å². The van der Waals surface area contributed by atoms with E-state index >= 15 is 0 Å². The third-order valence-electron chi connectivity index (χ3n) is 3.65. The fourth-order valence-electron chi connectivity index (χ4n) is 2.60. The third-order valence-corrected chi connectivity index (χ3v) is 4.11. The van der Waals surface area contributed by atoms with Crippen LogP contribution in [0.4, 0.5) is 0 Å². The van der Waals surface area contributed by atoms with Gasteiger partial charge in [0.25, 0.3) is 5.91 Å². The number of carbonyl (C=O) groups is 1. The fraction of sp³-hybridized carbons (Fsp3) is 0.588. The highest BCUT2D eigenvalue weighted by Crippen LogP contribution is 2.24. The molecule has 0 heterocycles.